The zero-order chi connectivity index (χ0) is 12.8. The molecule has 0 aliphatic heterocycles. The Balaban J connectivity index is 2.12. The summed E-state index contributed by atoms with van der Waals surface area (Å²) >= 11 is 1.23. The molecule has 0 saturated carbocycles. The lowest BCUT2D eigenvalue weighted by Gasteiger charge is -2.18. The van der Waals surface area contributed by atoms with Gasteiger partial charge in [-0.25, -0.2) is 0 Å². The van der Waals surface area contributed by atoms with Crippen LogP contribution in [-0.2, 0) is 6.42 Å². The van der Waals surface area contributed by atoms with Gasteiger partial charge in [-0.15, -0.1) is 0 Å². The van der Waals surface area contributed by atoms with E-state index in [4.69, 9.17) is 0 Å². The van der Waals surface area contributed by atoms with Crippen molar-refractivity contribution >= 4 is 11.3 Å². The molecular formula is C14H18N2OS. The van der Waals surface area contributed by atoms with Crippen molar-refractivity contribution < 1.29 is 0 Å². The van der Waals surface area contributed by atoms with Gasteiger partial charge in [0, 0.05) is 23.5 Å². The monoisotopic (exact) mass is 262 g/mol. The topological polar surface area (TPSA) is 44.9 Å². The molecule has 1 aromatic carbocycles. The summed E-state index contributed by atoms with van der Waals surface area (Å²) < 4.78 is 0. The molecule has 0 radical (unpaired) electrons. The lowest BCUT2D eigenvalue weighted by Crippen LogP contribution is -2.24. The van der Waals surface area contributed by atoms with E-state index >= 15 is 0 Å². The van der Waals surface area contributed by atoms with E-state index in [1.165, 1.54) is 16.9 Å². The number of hydrogen-bond acceptors (Lipinski definition) is 3. The first kappa shape index (κ1) is 13.1. The van der Waals surface area contributed by atoms with Crippen molar-refractivity contribution in [1.82, 2.24) is 10.3 Å². The molecule has 0 saturated heterocycles. The average molecular weight is 262 g/mol. The predicted molar refractivity (Wildman–Crippen MR) is 76.1 cm³/mol. The lowest BCUT2D eigenvalue weighted by atomic mass is 10.0. The van der Waals surface area contributed by atoms with Crippen molar-refractivity contribution in [2.75, 3.05) is 6.54 Å². The molecule has 1 atom stereocenters. The number of nitrogens with one attached hydrogen (secondary N) is 2. The van der Waals surface area contributed by atoms with E-state index in [-0.39, 0.29) is 10.9 Å². The minimum atomic E-state index is 0.0207. The maximum absolute atomic E-state index is 11.2. The smallest absolute Gasteiger partial charge is 0.304 e. The molecule has 2 N–H and O–H groups in total. The van der Waals surface area contributed by atoms with Gasteiger partial charge < -0.3 is 10.3 Å². The highest BCUT2D eigenvalue weighted by atomic mass is 32.1. The van der Waals surface area contributed by atoms with Gasteiger partial charge in [0.05, 0.1) is 0 Å². The SMILES string of the molecule is CCCNC(Cc1csc(=O)[nH]1)c1ccccc1. The number of aromatic nitrogens is 1. The molecule has 1 unspecified atom stereocenters. The highest BCUT2D eigenvalue weighted by Gasteiger charge is 2.12. The van der Waals surface area contributed by atoms with Crippen LogP contribution >= 0.6 is 11.3 Å². The molecule has 1 aromatic heterocycles. The van der Waals surface area contributed by atoms with Crippen molar-refractivity contribution in [2.24, 2.45) is 0 Å². The average Bonchev–Trinajstić information content (AvgIpc) is 2.81. The maximum atomic E-state index is 11.2. The molecule has 2 rings (SSSR count). The summed E-state index contributed by atoms with van der Waals surface area (Å²) in [5.41, 5.74) is 2.26. The van der Waals surface area contributed by atoms with Crippen molar-refractivity contribution in [3.63, 3.8) is 0 Å². The zero-order valence-corrected chi connectivity index (χ0v) is 11.3. The number of rotatable bonds is 6. The molecule has 0 aliphatic rings. The molecule has 96 valence electrons. The van der Waals surface area contributed by atoms with Crippen LogP contribution in [0.1, 0.15) is 30.6 Å². The largest absolute Gasteiger partial charge is 0.317 e. The van der Waals surface area contributed by atoms with E-state index in [1.54, 1.807) is 0 Å². The second kappa shape index (κ2) is 6.52. The minimum absolute atomic E-state index is 0.0207. The number of H-pyrrole nitrogens is 1. The number of thiazole rings is 1. The first-order chi connectivity index (χ1) is 8.79. The summed E-state index contributed by atoms with van der Waals surface area (Å²) in [5.74, 6) is 0. The summed E-state index contributed by atoms with van der Waals surface area (Å²) in [7, 11) is 0. The molecule has 0 bridgehead atoms. The normalized spacial score (nSPS) is 12.5. The van der Waals surface area contributed by atoms with Gasteiger partial charge in [-0.1, -0.05) is 48.6 Å². The molecule has 18 heavy (non-hydrogen) atoms. The molecule has 0 fully saturated rings. The molecule has 0 spiro atoms. The van der Waals surface area contributed by atoms with Crippen LogP contribution in [0.5, 0.6) is 0 Å². The second-order valence-corrected chi connectivity index (χ2v) is 5.14. The van der Waals surface area contributed by atoms with E-state index in [2.05, 4.69) is 29.4 Å². The van der Waals surface area contributed by atoms with Gasteiger partial charge in [0.15, 0.2) is 0 Å². The number of hydrogen-bond donors (Lipinski definition) is 2. The fraction of sp³-hybridized carbons (Fsp3) is 0.357. The van der Waals surface area contributed by atoms with Gasteiger partial charge in [0.2, 0.25) is 0 Å². The quantitative estimate of drug-likeness (QED) is 0.840. The Morgan fingerprint density at radius 3 is 2.72 bits per heavy atom. The molecule has 0 aliphatic carbocycles. The summed E-state index contributed by atoms with van der Waals surface area (Å²) in [4.78, 5) is 14.1. The summed E-state index contributed by atoms with van der Waals surface area (Å²) in [5, 5.41) is 5.43. The van der Waals surface area contributed by atoms with Gasteiger partial charge >= 0.3 is 4.87 Å². The summed E-state index contributed by atoms with van der Waals surface area (Å²) in [6.07, 6.45) is 1.92. The van der Waals surface area contributed by atoms with Crippen molar-refractivity contribution in [1.29, 1.82) is 0 Å². The molecule has 2 aromatic rings. The molecule has 0 amide bonds. The zero-order valence-electron chi connectivity index (χ0n) is 10.5. The lowest BCUT2D eigenvalue weighted by molar-refractivity contribution is 0.525. The van der Waals surface area contributed by atoms with Crippen LogP contribution in [0.4, 0.5) is 0 Å². The maximum Gasteiger partial charge on any atom is 0.304 e. The first-order valence-electron chi connectivity index (χ1n) is 6.24. The predicted octanol–water partition coefficient (Wildman–Crippen LogP) is 2.72. The van der Waals surface area contributed by atoms with Crippen LogP contribution in [-0.4, -0.2) is 11.5 Å². The highest BCUT2D eigenvalue weighted by molar-refractivity contribution is 7.07. The van der Waals surface area contributed by atoms with Crippen LogP contribution in [0.25, 0.3) is 0 Å². The second-order valence-electron chi connectivity index (χ2n) is 4.29. The summed E-state index contributed by atoms with van der Waals surface area (Å²) in [6.45, 7) is 3.13. The van der Waals surface area contributed by atoms with Gasteiger partial charge in [0.1, 0.15) is 0 Å². The van der Waals surface area contributed by atoms with Gasteiger partial charge in [-0.3, -0.25) is 4.79 Å². The molecule has 3 nitrogen and oxygen atoms in total. The Morgan fingerprint density at radius 1 is 1.33 bits per heavy atom. The van der Waals surface area contributed by atoms with Gasteiger partial charge in [0.25, 0.3) is 0 Å². The van der Waals surface area contributed by atoms with E-state index in [9.17, 15) is 4.79 Å². The van der Waals surface area contributed by atoms with Crippen molar-refractivity contribution in [3.05, 3.63) is 56.6 Å². The van der Waals surface area contributed by atoms with Gasteiger partial charge in [-0.2, -0.15) is 0 Å². The molecular weight excluding hydrogens is 244 g/mol. The standard InChI is InChI=1S/C14H18N2OS/c1-2-8-15-13(11-6-4-3-5-7-11)9-12-10-18-14(17)16-12/h3-7,10,13,15H,2,8-9H2,1H3,(H,16,17). The Morgan fingerprint density at radius 2 is 2.11 bits per heavy atom. The van der Waals surface area contributed by atoms with Crippen LogP contribution in [0.3, 0.4) is 0 Å². The van der Waals surface area contributed by atoms with Crippen molar-refractivity contribution in [2.45, 2.75) is 25.8 Å². The third kappa shape index (κ3) is 3.55. The van der Waals surface area contributed by atoms with Crippen LogP contribution < -0.4 is 10.2 Å². The number of aromatic amines is 1. The fourth-order valence-electron chi connectivity index (χ4n) is 1.95. The van der Waals surface area contributed by atoms with Crippen molar-refractivity contribution in [3.8, 4) is 0 Å². The van der Waals surface area contributed by atoms with Crippen LogP contribution in [0.2, 0.25) is 0 Å². The number of benzene rings is 1. The highest BCUT2D eigenvalue weighted by Crippen LogP contribution is 2.17. The summed E-state index contributed by atoms with van der Waals surface area (Å²) in [6, 6.07) is 10.6. The minimum Gasteiger partial charge on any atom is -0.317 e. The molecule has 4 heteroatoms. The Labute approximate surface area is 111 Å². The van der Waals surface area contributed by atoms with Gasteiger partial charge in [-0.05, 0) is 18.5 Å². The van der Waals surface area contributed by atoms with E-state index in [0.717, 1.165) is 25.1 Å². The first-order valence-corrected chi connectivity index (χ1v) is 7.12. The Bertz CT molecular complexity index is 518. The molecule has 1 heterocycles. The third-order valence-electron chi connectivity index (χ3n) is 2.84. The van der Waals surface area contributed by atoms with E-state index in [1.807, 2.05) is 23.6 Å². The van der Waals surface area contributed by atoms with E-state index < -0.39 is 0 Å². The van der Waals surface area contributed by atoms with Crippen LogP contribution in [0, 0.1) is 0 Å². The Kier molecular flexibility index (Phi) is 4.73. The van der Waals surface area contributed by atoms with E-state index in [0.29, 0.717) is 0 Å². The van der Waals surface area contributed by atoms with Crippen LogP contribution in [0.15, 0.2) is 40.5 Å². The fourth-order valence-corrected chi connectivity index (χ4v) is 2.54. The Hall–Kier alpha value is -1.39. The third-order valence-corrected chi connectivity index (χ3v) is 3.56.